The smallest absolute Gasteiger partial charge is 0.225 e. The molecule has 19 heavy (non-hydrogen) atoms. The number of terminal acetylenes is 1. The lowest BCUT2D eigenvalue weighted by Crippen LogP contribution is -2.01. The number of nitrogens with one attached hydrogen (secondary N) is 1. The Balaban J connectivity index is 1.99. The van der Waals surface area contributed by atoms with Crippen LogP contribution in [0.25, 0.3) is 10.2 Å². The third kappa shape index (κ3) is 2.28. The number of aromatic nitrogens is 2. The second kappa shape index (κ2) is 4.92. The maximum Gasteiger partial charge on any atom is 0.225 e. The lowest BCUT2D eigenvalue weighted by atomic mass is 10.3. The van der Waals surface area contributed by atoms with E-state index in [0.29, 0.717) is 17.9 Å². The summed E-state index contributed by atoms with van der Waals surface area (Å²) in [5.41, 5.74) is 1.43. The number of hydrogen-bond donors (Lipinski definition) is 1. The highest BCUT2D eigenvalue weighted by molar-refractivity contribution is 7.18. The van der Waals surface area contributed by atoms with Crippen LogP contribution in [0.4, 0.5) is 5.82 Å². The van der Waals surface area contributed by atoms with Crippen molar-refractivity contribution in [2.75, 3.05) is 5.32 Å². The fraction of sp³-hybridized carbons (Fsp3) is 0.0769. The first-order chi connectivity index (χ1) is 9.28. The fourth-order valence-electron chi connectivity index (χ4n) is 1.70. The van der Waals surface area contributed by atoms with E-state index in [2.05, 4.69) is 21.2 Å². The van der Waals surface area contributed by atoms with Crippen LogP contribution in [0.5, 0.6) is 0 Å². The van der Waals surface area contributed by atoms with Gasteiger partial charge in [-0.15, -0.1) is 17.8 Å². The van der Waals surface area contributed by atoms with Crippen LogP contribution < -0.4 is 5.32 Å². The highest BCUT2D eigenvalue weighted by atomic mass is 35.5. The molecule has 3 heterocycles. The Bertz CT molecular complexity index is 758. The van der Waals surface area contributed by atoms with Gasteiger partial charge < -0.3 is 9.73 Å². The first-order valence-electron chi connectivity index (χ1n) is 5.45. The Hall–Kier alpha value is -2.03. The van der Waals surface area contributed by atoms with Crippen molar-refractivity contribution in [3.63, 3.8) is 0 Å². The van der Waals surface area contributed by atoms with Gasteiger partial charge in [-0.1, -0.05) is 5.92 Å². The Morgan fingerprint density at radius 2 is 2.37 bits per heavy atom. The minimum absolute atomic E-state index is 0.171. The van der Waals surface area contributed by atoms with Crippen molar-refractivity contribution in [3.8, 4) is 12.3 Å². The Kier molecular flexibility index (Phi) is 3.11. The van der Waals surface area contributed by atoms with Crippen molar-refractivity contribution in [1.82, 2.24) is 9.97 Å². The lowest BCUT2D eigenvalue weighted by Gasteiger charge is -2.05. The number of thiophene rings is 1. The molecule has 0 saturated carbocycles. The van der Waals surface area contributed by atoms with Crippen molar-refractivity contribution in [1.29, 1.82) is 0 Å². The van der Waals surface area contributed by atoms with Crippen LogP contribution in [0, 0.1) is 12.3 Å². The summed E-state index contributed by atoms with van der Waals surface area (Å²) < 4.78 is 6.15. The van der Waals surface area contributed by atoms with Gasteiger partial charge in [0.05, 0.1) is 23.1 Å². The number of fused-ring (bicyclic) bond motifs is 1. The molecule has 0 fully saturated rings. The lowest BCUT2D eigenvalue weighted by molar-refractivity contribution is 0.518. The molecule has 1 N–H and O–H groups in total. The van der Waals surface area contributed by atoms with Crippen molar-refractivity contribution >= 4 is 39.0 Å². The zero-order valence-electron chi connectivity index (χ0n) is 9.68. The summed E-state index contributed by atoms with van der Waals surface area (Å²) in [5.74, 6) is 4.07. The molecule has 0 aliphatic heterocycles. The number of furan rings is 1. The van der Waals surface area contributed by atoms with Crippen LogP contribution in [0.3, 0.4) is 0 Å². The van der Waals surface area contributed by atoms with Gasteiger partial charge in [0.1, 0.15) is 17.1 Å². The molecule has 94 valence electrons. The van der Waals surface area contributed by atoms with Crippen LogP contribution in [0.15, 0.2) is 28.2 Å². The van der Waals surface area contributed by atoms with Gasteiger partial charge in [0.2, 0.25) is 5.28 Å². The van der Waals surface area contributed by atoms with Crippen LogP contribution >= 0.6 is 22.9 Å². The largest absolute Gasteiger partial charge is 0.467 e. The van der Waals surface area contributed by atoms with Crippen LogP contribution in [0.2, 0.25) is 5.28 Å². The Labute approximate surface area is 118 Å². The van der Waals surface area contributed by atoms with Crippen LogP contribution in [0.1, 0.15) is 11.3 Å². The number of nitrogens with zero attached hydrogens (tertiary/aromatic N) is 2. The molecule has 3 aromatic heterocycles. The maximum absolute atomic E-state index is 5.92. The van der Waals surface area contributed by atoms with Crippen LogP contribution in [-0.2, 0) is 6.54 Å². The van der Waals surface area contributed by atoms with Gasteiger partial charge in [-0.25, -0.2) is 4.98 Å². The van der Waals surface area contributed by atoms with Crippen LogP contribution in [-0.4, -0.2) is 9.97 Å². The number of halogens is 1. The molecular weight excluding hydrogens is 282 g/mol. The molecule has 0 spiro atoms. The first-order valence-corrected chi connectivity index (χ1v) is 6.71. The summed E-state index contributed by atoms with van der Waals surface area (Å²) in [4.78, 5) is 8.36. The topological polar surface area (TPSA) is 51.0 Å². The van der Waals surface area contributed by atoms with E-state index >= 15 is 0 Å². The minimum Gasteiger partial charge on any atom is -0.467 e. The monoisotopic (exact) mass is 289 g/mol. The SMILES string of the molecule is C#Cc1csc2c(NCc3ccco3)nc(Cl)nc12. The van der Waals surface area contributed by atoms with E-state index in [1.165, 1.54) is 11.3 Å². The third-order valence-corrected chi connectivity index (χ3v) is 3.70. The summed E-state index contributed by atoms with van der Waals surface area (Å²) >= 11 is 7.41. The molecule has 0 bridgehead atoms. The quantitative estimate of drug-likeness (QED) is 0.592. The van der Waals surface area contributed by atoms with Gasteiger partial charge in [0, 0.05) is 5.38 Å². The summed E-state index contributed by atoms with van der Waals surface area (Å²) in [6.45, 7) is 0.527. The molecule has 0 amide bonds. The van der Waals surface area contributed by atoms with Crippen molar-refractivity contribution in [2.45, 2.75) is 6.54 Å². The summed E-state index contributed by atoms with van der Waals surface area (Å²) in [7, 11) is 0. The van der Waals surface area contributed by atoms with Crippen molar-refractivity contribution in [3.05, 3.63) is 40.4 Å². The van der Waals surface area contributed by atoms with E-state index in [4.69, 9.17) is 22.4 Å². The summed E-state index contributed by atoms with van der Waals surface area (Å²) in [6.07, 6.45) is 7.06. The predicted octanol–water partition coefficient (Wildman–Crippen LogP) is 3.53. The van der Waals surface area contributed by atoms with Crippen molar-refractivity contribution in [2.24, 2.45) is 0 Å². The highest BCUT2D eigenvalue weighted by Gasteiger charge is 2.12. The predicted molar refractivity (Wildman–Crippen MR) is 76.4 cm³/mol. The molecule has 0 aliphatic carbocycles. The van der Waals surface area contributed by atoms with E-state index in [9.17, 15) is 0 Å². The number of anilines is 1. The normalized spacial score (nSPS) is 10.5. The van der Waals surface area contributed by atoms with E-state index in [1.807, 2.05) is 17.5 Å². The standard InChI is InChI=1S/C13H8ClN3OS/c1-2-8-7-19-11-10(8)16-13(14)17-12(11)15-6-9-4-3-5-18-9/h1,3-5,7H,6H2,(H,15,16,17). The average Bonchev–Trinajstić information content (AvgIpc) is 3.04. The van der Waals surface area contributed by atoms with Gasteiger partial charge in [-0.3, -0.25) is 0 Å². The molecule has 3 aromatic rings. The first kappa shape index (κ1) is 12.0. The molecule has 0 saturated heterocycles. The van der Waals surface area contributed by atoms with E-state index in [0.717, 1.165) is 16.0 Å². The van der Waals surface area contributed by atoms with Gasteiger partial charge in [0.25, 0.3) is 0 Å². The second-order valence-electron chi connectivity index (χ2n) is 3.75. The van der Waals surface area contributed by atoms with Gasteiger partial charge >= 0.3 is 0 Å². The molecule has 3 rings (SSSR count). The molecule has 6 heteroatoms. The maximum atomic E-state index is 5.92. The molecular formula is C13H8ClN3OS. The van der Waals surface area contributed by atoms with Gasteiger partial charge in [0.15, 0.2) is 0 Å². The van der Waals surface area contributed by atoms with Gasteiger partial charge in [-0.2, -0.15) is 4.98 Å². The molecule has 0 unspecified atom stereocenters. The van der Waals surface area contributed by atoms with Gasteiger partial charge in [-0.05, 0) is 23.7 Å². The Morgan fingerprint density at radius 3 is 3.11 bits per heavy atom. The van der Waals surface area contributed by atoms with Crippen molar-refractivity contribution < 1.29 is 4.42 Å². The van der Waals surface area contributed by atoms with E-state index in [1.54, 1.807) is 6.26 Å². The minimum atomic E-state index is 0.171. The van der Waals surface area contributed by atoms with E-state index in [-0.39, 0.29) is 5.28 Å². The molecule has 4 nitrogen and oxygen atoms in total. The fourth-order valence-corrected chi connectivity index (χ4v) is 2.78. The molecule has 0 aromatic carbocycles. The highest BCUT2D eigenvalue weighted by Crippen LogP contribution is 2.30. The summed E-state index contributed by atoms with van der Waals surface area (Å²) in [5, 5.41) is 5.22. The zero-order valence-corrected chi connectivity index (χ0v) is 11.3. The van der Waals surface area contributed by atoms with E-state index < -0.39 is 0 Å². The average molecular weight is 290 g/mol. The summed E-state index contributed by atoms with van der Waals surface area (Å²) in [6, 6.07) is 3.72. The third-order valence-electron chi connectivity index (χ3n) is 2.55. The second-order valence-corrected chi connectivity index (χ2v) is 4.96. The molecule has 0 radical (unpaired) electrons. The molecule has 0 atom stereocenters. The number of rotatable bonds is 3. The zero-order chi connectivity index (χ0) is 13.2. The Morgan fingerprint density at radius 1 is 1.47 bits per heavy atom. The number of hydrogen-bond acceptors (Lipinski definition) is 5. The molecule has 0 aliphatic rings.